The van der Waals surface area contributed by atoms with E-state index in [0.717, 1.165) is 12.0 Å². The Labute approximate surface area is 120 Å². The van der Waals surface area contributed by atoms with Gasteiger partial charge >= 0.3 is 0 Å². The van der Waals surface area contributed by atoms with Gasteiger partial charge in [0.25, 0.3) is 0 Å². The molecule has 3 rings (SSSR count). The summed E-state index contributed by atoms with van der Waals surface area (Å²) in [6.45, 7) is 4.99. The van der Waals surface area contributed by atoms with Gasteiger partial charge < -0.3 is 9.64 Å². The lowest BCUT2D eigenvalue weighted by Gasteiger charge is -2.54. The molecule has 1 aromatic carbocycles. The maximum absolute atomic E-state index is 12.6. The number of nitrogens with zero attached hydrogens (tertiary/aromatic N) is 1. The Bertz CT molecular complexity index is 500. The first kappa shape index (κ1) is 13.6. The Hall–Kier alpha value is -1.39. The molecule has 0 bridgehead atoms. The van der Waals surface area contributed by atoms with Crippen LogP contribution in [-0.2, 0) is 9.53 Å². The Kier molecular flexibility index (Phi) is 3.30. The van der Waals surface area contributed by atoms with Crippen molar-refractivity contribution in [1.29, 1.82) is 0 Å². The fourth-order valence-corrected chi connectivity index (χ4v) is 3.48. The van der Waals surface area contributed by atoms with Gasteiger partial charge in [-0.2, -0.15) is 0 Å². The van der Waals surface area contributed by atoms with Gasteiger partial charge in [0.05, 0.1) is 12.8 Å². The minimum atomic E-state index is -0.200. The van der Waals surface area contributed by atoms with E-state index in [0.29, 0.717) is 6.67 Å². The number of amides is 1. The zero-order valence-corrected chi connectivity index (χ0v) is 12.3. The van der Waals surface area contributed by atoms with Gasteiger partial charge in [-0.05, 0) is 12.0 Å². The summed E-state index contributed by atoms with van der Waals surface area (Å²) in [5.74, 6) is 0.184. The van der Waals surface area contributed by atoms with Crippen LogP contribution in [-0.4, -0.2) is 36.7 Å². The molecule has 20 heavy (non-hydrogen) atoms. The molecule has 1 amide bonds. The molecule has 3 atom stereocenters. The molecule has 0 radical (unpaired) electrons. The normalized spacial score (nSPS) is 32.2. The largest absolute Gasteiger partial charge is 0.381 e. The molecule has 1 aliphatic carbocycles. The summed E-state index contributed by atoms with van der Waals surface area (Å²) in [5, 5.41) is 3.33. The van der Waals surface area contributed by atoms with Gasteiger partial charge in [0.1, 0.15) is 6.04 Å². The average Bonchev–Trinajstić information content (AvgIpc) is 2.81. The van der Waals surface area contributed by atoms with Crippen LogP contribution in [0.1, 0.15) is 31.9 Å². The van der Waals surface area contributed by atoms with Crippen molar-refractivity contribution in [2.24, 2.45) is 5.41 Å². The van der Waals surface area contributed by atoms with Crippen LogP contribution in [0.5, 0.6) is 0 Å². The number of hydrogen-bond donors (Lipinski definition) is 1. The first-order valence-electron chi connectivity index (χ1n) is 7.17. The van der Waals surface area contributed by atoms with Crippen molar-refractivity contribution < 1.29 is 9.53 Å². The first-order chi connectivity index (χ1) is 9.55. The maximum Gasteiger partial charge on any atom is 0.245 e. The van der Waals surface area contributed by atoms with Gasteiger partial charge in [-0.25, -0.2) is 0 Å². The van der Waals surface area contributed by atoms with E-state index < -0.39 is 0 Å². The Morgan fingerprint density at radius 3 is 2.60 bits per heavy atom. The molecule has 2 aliphatic rings. The van der Waals surface area contributed by atoms with Crippen molar-refractivity contribution in [2.75, 3.05) is 13.8 Å². The number of carbonyl (C=O) groups is 1. The Morgan fingerprint density at radius 2 is 2.00 bits per heavy atom. The number of methoxy groups -OCH3 is 1. The fourth-order valence-electron chi connectivity index (χ4n) is 3.48. The molecule has 4 heteroatoms. The summed E-state index contributed by atoms with van der Waals surface area (Å²) in [7, 11) is 1.75. The highest BCUT2D eigenvalue weighted by Crippen LogP contribution is 2.46. The molecule has 1 saturated carbocycles. The van der Waals surface area contributed by atoms with Crippen LogP contribution >= 0.6 is 0 Å². The molecule has 1 heterocycles. The third-order valence-electron chi connectivity index (χ3n) is 4.92. The molecule has 0 spiro atoms. The van der Waals surface area contributed by atoms with Crippen molar-refractivity contribution >= 4 is 5.91 Å². The van der Waals surface area contributed by atoms with Gasteiger partial charge in [0.15, 0.2) is 0 Å². The fraction of sp³-hybridized carbons (Fsp3) is 0.562. The van der Waals surface area contributed by atoms with Crippen LogP contribution in [0.25, 0.3) is 0 Å². The van der Waals surface area contributed by atoms with E-state index in [1.807, 2.05) is 35.2 Å². The molecule has 1 aromatic rings. The van der Waals surface area contributed by atoms with E-state index in [1.165, 1.54) is 0 Å². The molecular weight excluding hydrogens is 252 g/mol. The monoisotopic (exact) mass is 274 g/mol. The summed E-state index contributed by atoms with van der Waals surface area (Å²) < 4.78 is 5.48. The summed E-state index contributed by atoms with van der Waals surface area (Å²) >= 11 is 0. The highest BCUT2D eigenvalue weighted by molar-refractivity contribution is 5.85. The lowest BCUT2D eigenvalue weighted by molar-refractivity contribution is -0.157. The second kappa shape index (κ2) is 4.86. The van der Waals surface area contributed by atoms with Gasteiger partial charge in [-0.3, -0.25) is 10.1 Å². The van der Waals surface area contributed by atoms with Crippen LogP contribution < -0.4 is 5.32 Å². The number of hydrogen-bond acceptors (Lipinski definition) is 3. The maximum atomic E-state index is 12.6. The van der Waals surface area contributed by atoms with Gasteiger partial charge in [0, 0.05) is 18.6 Å². The van der Waals surface area contributed by atoms with E-state index in [2.05, 4.69) is 19.2 Å². The smallest absolute Gasteiger partial charge is 0.245 e. The molecule has 1 saturated heterocycles. The predicted octanol–water partition coefficient (Wildman–Crippen LogP) is 1.93. The molecule has 4 nitrogen and oxygen atoms in total. The zero-order chi connectivity index (χ0) is 14.3. The standard InChI is InChI=1S/C16H22N2O2/c1-16(2)12(9-13(16)20-3)18-10-17-14(15(18)19)11-7-5-4-6-8-11/h4-8,12-14,17H,9-10H2,1-3H3. The minimum Gasteiger partial charge on any atom is -0.381 e. The molecule has 1 N–H and O–H groups in total. The quantitative estimate of drug-likeness (QED) is 0.915. The summed E-state index contributed by atoms with van der Waals surface area (Å²) in [6.07, 6.45) is 1.18. The summed E-state index contributed by atoms with van der Waals surface area (Å²) in [5.41, 5.74) is 1.07. The predicted molar refractivity (Wildman–Crippen MR) is 77.0 cm³/mol. The molecule has 0 aromatic heterocycles. The van der Waals surface area contributed by atoms with Crippen molar-refractivity contribution in [2.45, 2.75) is 38.5 Å². The van der Waals surface area contributed by atoms with Gasteiger partial charge in [-0.15, -0.1) is 0 Å². The van der Waals surface area contributed by atoms with Crippen molar-refractivity contribution in [1.82, 2.24) is 10.2 Å². The average molecular weight is 274 g/mol. The topological polar surface area (TPSA) is 41.6 Å². The van der Waals surface area contributed by atoms with Gasteiger partial charge in [-0.1, -0.05) is 44.2 Å². The SMILES string of the molecule is COC1CC(N2CNC(c3ccccc3)C2=O)C1(C)C. The Morgan fingerprint density at radius 1 is 1.30 bits per heavy atom. The molecule has 2 fully saturated rings. The third-order valence-corrected chi connectivity index (χ3v) is 4.92. The van der Waals surface area contributed by atoms with Crippen LogP contribution in [0.15, 0.2) is 30.3 Å². The van der Waals surface area contributed by atoms with Crippen LogP contribution in [0, 0.1) is 5.41 Å². The molecule has 3 unspecified atom stereocenters. The van der Waals surface area contributed by atoms with Crippen molar-refractivity contribution in [3.8, 4) is 0 Å². The molecular formula is C16H22N2O2. The lowest BCUT2D eigenvalue weighted by atomic mass is 9.64. The summed E-state index contributed by atoms with van der Waals surface area (Å²) in [6, 6.07) is 9.99. The number of ether oxygens (including phenoxy) is 1. The van der Waals surface area contributed by atoms with E-state index in [1.54, 1.807) is 7.11 Å². The number of nitrogens with one attached hydrogen (secondary N) is 1. The zero-order valence-electron chi connectivity index (χ0n) is 12.3. The van der Waals surface area contributed by atoms with E-state index >= 15 is 0 Å². The Balaban J connectivity index is 1.74. The van der Waals surface area contributed by atoms with Crippen molar-refractivity contribution in [3.05, 3.63) is 35.9 Å². The second-order valence-corrected chi connectivity index (χ2v) is 6.31. The third kappa shape index (κ3) is 1.95. The number of rotatable bonds is 3. The van der Waals surface area contributed by atoms with E-state index in [9.17, 15) is 4.79 Å². The highest BCUT2D eigenvalue weighted by Gasteiger charge is 2.54. The molecule has 108 valence electrons. The van der Waals surface area contributed by atoms with E-state index in [4.69, 9.17) is 4.74 Å². The number of benzene rings is 1. The highest BCUT2D eigenvalue weighted by atomic mass is 16.5. The van der Waals surface area contributed by atoms with Crippen LogP contribution in [0.4, 0.5) is 0 Å². The van der Waals surface area contributed by atoms with Crippen LogP contribution in [0.2, 0.25) is 0 Å². The van der Waals surface area contributed by atoms with Crippen molar-refractivity contribution in [3.63, 3.8) is 0 Å². The first-order valence-corrected chi connectivity index (χ1v) is 7.17. The minimum absolute atomic E-state index is 0.0255. The lowest BCUT2D eigenvalue weighted by Crippen LogP contribution is -2.62. The summed E-state index contributed by atoms with van der Waals surface area (Å²) in [4.78, 5) is 14.6. The van der Waals surface area contributed by atoms with Crippen LogP contribution in [0.3, 0.4) is 0 Å². The van der Waals surface area contributed by atoms with Gasteiger partial charge in [0.2, 0.25) is 5.91 Å². The number of carbonyl (C=O) groups excluding carboxylic acids is 1. The molecule has 1 aliphatic heterocycles. The van der Waals surface area contributed by atoms with E-state index in [-0.39, 0.29) is 29.5 Å². The second-order valence-electron chi connectivity index (χ2n) is 6.31.